The maximum Gasteiger partial charge on any atom is 0.220 e. The second kappa shape index (κ2) is 6.01. The number of hydrogen-bond acceptors (Lipinski definition) is 2. The van der Waals surface area contributed by atoms with E-state index in [9.17, 15) is 4.79 Å². The Bertz CT molecular complexity index is 417. The van der Waals surface area contributed by atoms with Gasteiger partial charge in [0.15, 0.2) is 0 Å². The SMILES string of the molecule is Cc1cccc(CCC(=O)NC2CNCC2C)c1. The van der Waals surface area contributed by atoms with Crippen molar-refractivity contribution in [3.8, 4) is 0 Å². The molecule has 2 atom stereocenters. The summed E-state index contributed by atoms with van der Waals surface area (Å²) in [5.41, 5.74) is 2.49. The second-order valence-corrected chi connectivity index (χ2v) is 5.30. The highest BCUT2D eigenvalue weighted by Gasteiger charge is 2.23. The van der Waals surface area contributed by atoms with Gasteiger partial charge in [-0.05, 0) is 31.4 Å². The summed E-state index contributed by atoms with van der Waals surface area (Å²) in [4.78, 5) is 11.9. The number of carbonyl (C=O) groups excluding carboxylic acids is 1. The molecule has 0 spiro atoms. The van der Waals surface area contributed by atoms with E-state index in [4.69, 9.17) is 0 Å². The smallest absolute Gasteiger partial charge is 0.220 e. The summed E-state index contributed by atoms with van der Waals surface area (Å²) < 4.78 is 0. The second-order valence-electron chi connectivity index (χ2n) is 5.30. The van der Waals surface area contributed by atoms with Crippen LogP contribution < -0.4 is 10.6 Å². The Labute approximate surface area is 109 Å². The van der Waals surface area contributed by atoms with Gasteiger partial charge in [-0.3, -0.25) is 4.79 Å². The minimum Gasteiger partial charge on any atom is -0.352 e. The van der Waals surface area contributed by atoms with Crippen molar-refractivity contribution in [3.05, 3.63) is 35.4 Å². The Hall–Kier alpha value is -1.35. The van der Waals surface area contributed by atoms with E-state index in [1.807, 2.05) is 6.07 Å². The van der Waals surface area contributed by atoms with Gasteiger partial charge in [0.25, 0.3) is 0 Å². The van der Waals surface area contributed by atoms with Gasteiger partial charge in [0.2, 0.25) is 5.91 Å². The monoisotopic (exact) mass is 246 g/mol. The van der Waals surface area contributed by atoms with E-state index in [-0.39, 0.29) is 5.91 Å². The third-order valence-electron chi connectivity index (χ3n) is 3.59. The fourth-order valence-corrected chi connectivity index (χ4v) is 2.41. The van der Waals surface area contributed by atoms with Crippen LogP contribution in [-0.4, -0.2) is 25.0 Å². The van der Waals surface area contributed by atoms with Gasteiger partial charge in [-0.2, -0.15) is 0 Å². The largest absolute Gasteiger partial charge is 0.352 e. The first kappa shape index (κ1) is 13.1. The predicted octanol–water partition coefficient (Wildman–Crippen LogP) is 1.65. The zero-order valence-electron chi connectivity index (χ0n) is 11.2. The Kier molecular flexibility index (Phi) is 4.37. The molecule has 1 amide bonds. The van der Waals surface area contributed by atoms with Crippen LogP contribution in [0.1, 0.15) is 24.5 Å². The third-order valence-corrected chi connectivity index (χ3v) is 3.59. The van der Waals surface area contributed by atoms with Gasteiger partial charge < -0.3 is 10.6 Å². The third kappa shape index (κ3) is 3.57. The lowest BCUT2D eigenvalue weighted by Crippen LogP contribution is -2.39. The molecule has 0 aromatic heterocycles. The summed E-state index contributed by atoms with van der Waals surface area (Å²) in [6.45, 7) is 6.15. The molecular weight excluding hydrogens is 224 g/mol. The molecule has 3 heteroatoms. The summed E-state index contributed by atoms with van der Waals surface area (Å²) in [5.74, 6) is 0.699. The zero-order valence-corrected chi connectivity index (χ0v) is 11.2. The van der Waals surface area contributed by atoms with E-state index in [0.717, 1.165) is 19.5 Å². The molecule has 98 valence electrons. The lowest BCUT2D eigenvalue weighted by Gasteiger charge is -2.16. The first-order valence-electron chi connectivity index (χ1n) is 6.71. The van der Waals surface area contributed by atoms with Crippen molar-refractivity contribution in [1.29, 1.82) is 0 Å². The summed E-state index contributed by atoms with van der Waals surface area (Å²) in [6, 6.07) is 8.66. The molecule has 2 N–H and O–H groups in total. The summed E-state index contributed by atoms with van der Waals surface area (Å²) in [6.07, 6.45) is 1.40. The minimum atomic E-state index is 0.164. The van der Waals surface area contributed by atoms with Gasteiger partial charge in [-0.1, -0.05) is 36.8 Å². The fraction of sp³-hybridized carbons (Fsp3) is 0.533. The number of benzene rings is 1. The van der Waals surface area contributed by atoms with Crippen molar-refractivity contribution in [2.24, 2.45) is 5.92 Å². The molecule has 1 saturated heterocycles. The Balaban J connectivity index is 1.78. The van der Waals surface area contributed by atoms with Crippen molar-refractivity contribution in [1.82, 2.24) is 10.6 Å². The lowest BCUT2D eigenvalue weighted by molar-refractivity contribution is -0.121. The van der Waals surface area contributed by atoms with Crippen LogP contribution in [0.5, 0.6) is 0 Å². The molecule has 0 saturated carbocycles. The fourth-order valence-electron chi connectivity index (χ4n) is 2.41. The zero-order chi connectivity index (χ0) is 13.0. The van der Waals surface area contributed by atoms with E-state index < -0.39 is 0 Å². The van der Waals surface area contributed by atoms with Crippen LogP contribution in [0.4, 0.5) is 0 Å². The topological polar surface area (TPSA) is 41.1 Å². The van der Waals surface area contributed by atoms with Gasteiger partial charge in [0, 0.05) is 19.0 Å². The average molecular weight is 246 g/mol. The van der Waals surface area contributed by atoms with Crippen molar-refractivity contribution >= 4 is 5.91 Å². The molecular formula is C15H22N2O. The standard InChI is InChI=1S/C15H22N2O/c1-11-4-3-5-13(8-11)6-7-15(18)17-14-10-16-9-12(14)2/h3-5,8,12,14,16H,6-7,9-10H2,1-2H3,(H,17,18). The van der Waals surface area contributed by atoms with E-state index >= 15 is 0 Å². The molecule has 1 aliphatic heterocycles. The number of hydrogen-bond donors (Lipinski definition) is 2. The molecule has 1 aliphatic rings. The molecule has 1 fully saturated rings. The quantitative estimate of drug-likeness (QED) is 0.848. The molecule has 1 heterocycles. The summed E-state index contributed by atoms with van der Waals surface area (Å²) in [7, 11) is 0. The highest BCUT2D eigenvalue weighted by atomic mass is 16.1. The average Bonchev–Trinajstić information content (AvgIpc) is 2.73. The normalized spacial score (nSPS) is 23.0. The molecule has 0 bridgehead atoms. The van der Waals surface area contributed by atoms with Gasteiger partial charge in [0.05, 0.1) is 0 Å². The lowest BCUT2D eigenvalue weighted by atomic mass is 10.0. The highest BCUT2D eigenvalue weighted by Crippen LogP contribution is 2.09. The molecule has 2 rings (SSSR count). The molecule has 0 radical (unpaired) electrons. The number of nitrogens with one attached hydrogen (secondary N) is 2. The number of amides is 1. The van der Waals surface area contributed by atoms with Crippen LogP contribution in [0.15, 0.2) is 24.3 Å². The van der Waals surface area contributed by atoms with Crippen molar-refractivity contribution in [2.75, 3.05) is 13.1 Å². The van der Waals surface area contributed by atoms with Crippen LogP contribution in [0.3, 0.4) is 0 Å². The Morgan fingerprint density at radius 1 is 1.44 bits per heavy atom. The van der Waals surface area contributed by atoms with Crippen LogP contribution in [-0.2, 0) is 11.2 Å². The number of rotatable bonds is 4. The van der Waals surface area contributed by atoms with Crippen molar-refractivity contribution in [3.63, 3.8) is 0 Å². The van der Waals surface area contributed by atoms with Crippen molar-refractivity contribution in [2.45, 2.75) is 32.7 Å². The van der Waals surface area contributed by atoms with Gasteiger partial charge >= 0.3 is 0 Å². The van der Waals surface area contributed by atoms with E-state index in [2.05, 4.69) is 42.7 Å². The molecule has 3 nitrogen and oxygen atoms in total. The van der Waals surface area contributed by atoms with Crippen LogP contribution in [0.2, 0.25) is 0 Å². The minimum absolute atomic E-state index is 0.164. The summed E-state index contributed by atoms with van der Waals surface area (Å²) >= 11 is 0. The van der Waals surface area contributed by atoms with Crippen LogP contribution in [0.25, 0.3) is 0 Å². The first-order valence-corrected chi connectivity index (χ1v) is 6.71. The summed E-state index contributed by atoms with van der Waals surface area (Å²) in [5, 5.41) is 6.41. The number of carbonyl (C=O) groups is 1. The van der Waals surface area contributed by atoms with E-state index in [0.29, 0.717) is 18.4 Å². The van der Waals surface area contributed by atoms with Crippen LogP contribution in [0, 0.1) is 12.8 Å². The predicted molar refractivity (Wildman–Crippen MR) is 73.5 cm³/mol. The first-order chi connectivity index (χ1) is 8.65. The van der Waals surface area contributed by atoms with E-state index in [1.165, 1.54) is 11.1 Å². The van der Waals surface area contributed by atoms with Gasteiger partial charge in [0.1, 0.15) is 0 Å². The maximum absolute atomic E-state index is 11.9. The molecule has 0 aliphatic carbocycles. The highest BCUT2D eigenvalue weighted by molar-refractivity contribution is 5.76. The molecule has 18 heavy (non-hydrogen) atoms. The van der Waals surface area contributed by atoms with Gasteiger partial charge in [-0.15, -0.1) is 0 Å². The number of aryl methyl sites for hydroxylation is 2. The molecule has 1 aromatic carbocycles. The van der Waals surface area contributed by atoms with Gasteiger partial charge in [-0.25, -0.2) is 0 Å². The Morgan fingerprint density at radius 3 is 2.94 bits per heavy atom. The maximum atomic E-state index is 11.9. The molecule has 2 unspecified atom stereocenters. The van der Waals surface area contributed by atoms with Crippen LogP contribution >= 0.6 is 0 Å². The van der Waals surface area contributed by atoms with Crippen molar-refractivity contribution < 1.29 is 4.79 Å². The van der Waals surface area contributed by atoms with E-state index in [1.54, 1.807) is 0 Å². The molecule has 1 aromatic rings. The Morgan fingerprint density at radius 2 is 2.28 bits per heavy atom.